The van der Waals surface area contributed by atoms with E-state index in [-0.39, 0.29) is 0 Å². The van der Waals surface area contributed by atoms with Gasteiger partial charge in [0.05, 0.1) is 0 Å². The van der Waals surface area contributed by atoms with Crippen molar-refractivity contribution < 1.29 is 29.7 Å². The molecule has 0 aliphatic heterocycles. The van der Waals surface area contributed by atoms with Crippen LogP contribution in [0.15, 0.2) is 18.7 Å². The molecule has 0 radical (unpaired) electrons. The molecule has 0 bridgehead atoms. The summed E-state index contributed by atoms with van der Waals surface area (Å²) in [6.45, 7) is 0. The van der Waals surface area contributed by atoms with E-state index in [0.29, 0.717) is 0 Å². The zero-order chi connectivity index (χ0) is 4.41. The van der Waals surface area contributed by atoms with Gasteiger partial charge in [-0.15, -0.1) is 0 Å². The van der Waals surface area contributed by atoms with Crippen molar-refractivity contribution in [2.75, 3.05) is 0 Å². The van der Waals surface area contributed by atoms with E-state index in [4.69, 9.17) is 0 Å². The van der Waals surface area contributed by atoms with Crippen molar-refractivity contribution in [3.05, 3.63) is 18.7 Å². The first-order valence-electron chi connectivity index (χ1n) is 1.59. The molecule has 0 saturated carbocycles. The Labute approximate surface area is 55.3 Å². The SMILES string of the molecule is [U][n]1ccnc1. The molecule has 1 aromatic rings. The van der Waals surface area contributed by atoms with Crippen molar-refractivity contribution in [3.8, 4) is 0 Å². The number of aromatic nitrogens is 2. The second kappa shape index (κ2) is 1.81. The van der Waals surface area contributed by atoms with Crippen LogP contribution in [-0.2, 0) is 0 Å². The Bertz CT molecular complexity index is 112. The zero-order valence-electron chi connectivity index (χ0n) is 3.13. The van der Waals surface area contributed by atoms with E-state index in [1.807, 2.05) is 12.5 Å². The predicted molar refractivity (Wildman–Crippen MR) is 17.6 cm³/mol. The van der Waals surface area contributed by atoms with E-state index in [1.165, 1.54) is 0 Å². The summed E-state index contributed by atoms with van der Waals surface area (Å²) in [5, 5.41) is 0. The van der Waals surface area contributed by atoms with Crippen molar-refractivity contribution in [2.45, 2.75) is 0 Å². The summed E-state index contributed by atoms with van der Waals surface area (Å²) in [4.78, 5) is 3.83. The number of hydrogen-bond donors (Lipinski definition) is 0. The van der Waals surface area contributed by atoms with E-state index < -0.39 is 0 Å². The van der Waals surface area contributed by atoms with Gasteiger partial charge < -0.3 is 0 Å². The standard InChI is InChI=1S/C3H3N2.U/c1-2-5-3-4-1;/h1-3H;/q-1;+1. The number of rotatable bonds is 0. The van der Waals surface area contributed by atoms with Crippen LogP contribution in [0, 0.1) is 29.7 Å². The number of nitrogens with zero attached hydrogens (tertiary/aromatic N) is 2. The van der Waals surface area contributed by atoms with Crippen LogP contribution in [0.25, 0.3) is 0 Å². The quantitative estimate of drug-likeness (QED) is 0.669. The summed E-state index contributed by atoms with van der Waals surface area (Å²) in [5.41, 5.74) is 0. The number of hydrogen-bond acceptors (Lipinski definition) is 1. The van der Waals surface area contributed by atoms with Crippen LogP contribution in [0.2, 0.25) is 0 Å². The fourth-order valence-corrected chi connectivity index (χ4v) is 0.814. The van der Waals surface area contributed by atoms with Crippen molar-refractivity contribution in [3.63, 3.8) is 0 Å². The van der Waals surface area contributed by atoms with E-state index in [9.17, 15) is 0 Å². The summed E-state index contributed by atoms with van der Waals surface area (Å²) in [6, 6.07) is 0. The molecule has 2 nitrogen and oxygen atoms in total. The molecule has 1 aromatic heterocycles. The minimum atomic E-state index is 0.862. The predicted octanol–water partition coefficient (Wildman–Crippen LogP) is 0.195. The van der Waals surface area contributed by atoms with Crippen molar-refractivity contribution in [1.29, 1.82) is 0 Å². The average molecular weight is 305 g/mol. The van der Waals surface area contributed by atoms with Gasteiger partial charge in [0.1, 0.15) is 0 Å². The van der Waals surface area contributed by atoms with Gasteiger partial charge in [-0.3, -0.25) is 0 Å². The van der Waals surface area contributed by atoms with Gasteiger partial charge in [-0.25, -0.2) is 0 Å². The molecule has 0 fully saturated rings. The molecule has 1 rings (SSSR count). The number of imidazole rings is 1. The Morgan fingerprint density at radius 1 is 1.67 bits per heavy atom. The van der Waals surface area contributed by atoms with Crippen molar-refractivity contribution in [1.82, 2.24) is 6.89 Å². The van der Waals surface area contributed by atoms with Crippen LogP contribution in [-0.4, -0.2) is 6.89 Å². The second-order valence-electron chi connectivity index (χ2n) is 0.970. The average Bonchev–Trinajstić information content (AvgIpc) is 1.86. The Morgan fingerprint density at radius 3 is 2.67 bits per heavy atom. The molecule has 6 heavy (non-hydrogen) atoms. The van der Waals surface area contributed by atoms with Gasteiger partial charge in [0.15, 0.2) is 0 Å². The summed E-state index contributed by atoms with van der Waals surface area (Å²) >= 11 is 0.862. The summed E-state index contributed by atoms with van der Waals surface area (Å²) in [6.07, 6.45) is 5.58. The van der Waals surface area contributed by atoms with Crippen molar-refractivity contribution >= 4 is 0 Å². The summed E-state index contributed by atoms with van der Waals surface area (Å²) in [7, 11) is 0. The second-order valence-corrected chi connectivity index (χ2v) is 3.12. The molecular weight excluding hydrogens is 302 g/mol. The molecule has 1 heterocycles. The molecule has 0 spiro atoms. The van der Waals surface area contributed by atoms with Gasteiger partial charge in [-0.1, -0.05) is 0 Å². The van der Waals surface area contributed by atoms with Gasteiger partial charge in [0.2, 0.25) is 0 Å². The molecule has 0 unspecified atom stereocenters. The molecule has 0 amide bonds. The first kappa shape index (κ1) is 4.42. The van der Waals surface area contributed by atoms with E-state index in [1.54, 1.807) is 6.20 Å². The molecular formula is C3H3N2U. The molecule has 0 atom stereocenters. The van der Waals surface area contributed by atoms with E-state index in [0.717, 1.165) is 29.7 Å². The fraction of sp³-hybridized carbons (Fsp3) is 0. The van der Waals surface area contributed by atoms with Gasteiger partial charge in [0, 0.05) is 0 Å². The Balaban J connectivity index is 3.05. The maximum atomic E-state index is 3.83. The van der Waals surface area contributed by atoms with Gasteiger partial charge >= 0.3 is 55.4 Å². The maximum absolute atomic E-state index is 3.83. The topological polar surface area (TPSA) is 17.8 Å². The van der Waals surface area contributed by atoms with Crippen LogP contribution in [0.1, 0.15) is 0 Å². The van der Waals surface area contributed by atoms with E-state index in [2.05, 4.69) is 6.89 Å². The molecule has 0 aromatic carbocycles. The van der Waals surface area contributed by atoms with Gasteiger partial charge in [-0.2, -0.15) is 0 Å². The molecule has 0 aliphatic carbocycles. The minimum absolute atomic E-state index is 0.862. The van der Waals surface area contributed by atoms with Crippen LogP contribution < -0.4 is 0 Å². The third-order valence-electron chi connectivity index (χ3n) is 0.504. The normalized spacial score (nSPS) is 9.00. The monoisotopic (exact) mass is 305 g/mol. The third kappa shape index (κ3) is 0.860. The summed E-state index contributed by atoms with van der Waals surface area (Å²) in [5.74, 6) is 0. The first-order valence-corrected chi connectivity index (χ1v) is 3.45. The molecule has 0 saturated heterocycles. The summed E-state index contributed by atoms with van der Waals surface area (Å²) < 4.78 is 2.06. The molecule has 29 valence electrons. The fourth-order valence-electron chi connectivity index (χ4n) is 0.259. The van der Waals surface area contributed by atoms with Crippen LogP contribution in [0.4, 0.5) is 0 Å². The molecule has 0 aliphatic rings. The Kier molecular flexibility index (Phi) is 1.34. The van der Waals surface area contributed by atoms with Crippen LogP contribution in [0.3, 0.4) is 0 Å². The zero-order valence-corrected chi connectivity index (χ0v) is 7.29. The Morgan fingerprint density at radius 2 is 2.50 bits per heavy atom. The van der Waals surface area contributed by atoms with Gasteiger partial charge in [-0.05, 0) is 0 Å². The van der Waals surface area contributed by atoms with E-state index >= 15 is 0 Å². The van der Waals surface area contributed by atoms with Gasteiger partial charge in [0.25, 0.3) is 0 Å². The van der Waals surface area contributed by atoms with Crippen LogP contribution >= 0.6 is 0 Å². The first-order chi connectivity index (χ1) is 2.89. The molecule has 0 N–H and O–H groups in total. The van der Waals surface area contributed by atoms with Crippen molar-refractivity contribution in [2.24, 2.45) is 0 Å². The Hall–Kier alpha value is 0.262. The van der Waals surface area contributed by atoms with Crippen LogP contribution in [0.5, 0.6) is 0 Å². The third-order valence-corrected chi connectivity index (χ3v) is 1.61. The molecule has 3 heteroatoms.